The molecule has 17 heavy (non-hydrogen) atoms. The molecule has 0 amide bonds. The van der Waals surface area contributed by atoms with Gasteiger partial charge >= 0.3 is 0 Å². The predicted octanol–water partition coefficient (Wildman–Crippen LogP) is 3.95. The molecule has 0 spiro atoms. The highest BCUT2D eigenvalue weighted by atomic mass is 19.1. The van der Waals surface area contributed by atoms with Gasteiger partial charge in [-0.2, -0.15) is 0 Å². The van der Waals surface area contributed by atoms with Crippen LogP contribution in [-0.2, 0) is 6.42 Å². The zero-order valence-corrected chi connectivity index (χ0v) is 9.08. The van der Waals surface area contributed by atoms with Crippen molar-refractivity contribution in [3.05, 3.63) is 76.9 Å². The topological polar surface area (TPSA) is 0 Å². The summed E-state index contributed by atoms with van der Waals surface area (Å²) >= 11 is 0. The lowest BCUT2D eigenvalue weighted by Gasteiger charge is -2.08. The first-order valence-corrected chi connectivity index (χ1v) is 5.50. The van der Waals surface area contributed by atoms with Crippen LogP contribution in [0.4, 0.5) is 8.78 Å². The highest BCUT2D eigenvalue weighted by Crippen LogP contribution is 2.34. The van der Waals surface area contributed by atoms with Gasteiger partial charge in [0.2, 0.25) is 0 Å². The molecule has 0 heterocycles. The molecule has 2 aromatic carbocycles. The molecule has 0 fully saturated rings. The summed E-state index contributed by atoms with van der Waals surface area (Å²) in [6.45, 7) is 0. The van der Waals surface area contributed by atoms with Gasteiger partial charge < -0.3 is 0 Å². The molecule has 0 N–H and O–H groups in total. The highest BCUT2D eigenvalue weighted by molar-refractivity contribution is 5.85. The number of halogens is 2. The number of allylic oxidation sites excluding steroid dienone is 1. The van der Waals surface area contributed by atoms with Crippen molar-refractivity contribution in [2.24, 2.45) is 0 Å². The van der Waals surface area contributed by atoms with Gasteiger partial charge in [0.1, 0.15) is 11.6 Å². The molecule has 0 aromatic heterocycles. The summed E-state index contributed by atoms with van der Waals surface area (Å²) in [5, 5.41) is 0. The molecular weight excluding hydrogens is 218 g/mol. The summed E-state index contributed by atoms with van der Waals surface area (Å²) < 4.78 is 27.4. The van der Waals surface area contributed by atoms with Gasteiger partial charge in [-0.25, -0.2) is 8.78 Å². The van der Waals surface area contributed by atoms with Gasteiger partial charge in [0.05, 0.1) is 5.56 Å². The summed E-state index contributed by atoms with van der Waals surface area (Å²) in [4.78, 5) is 0. The SMILES string of the molecule is Fc1cccc(F)c1C1=CCc2ccccc21. The minimum Gasteiger partial charge on any atom is -0.206 e. The molecule has 1 aliphatic rings. The van der Waals surface area contributed by atoms with Crippen molar-refractivity contribution in [1.29, 1.82) is 0 Å². The average Bonchev–Trinajstić information content (AvgIpc) is 2.73. The van der Waals surface area contributed by atoms with Crippen molar-refractivity contribution in [1.82, 2.24) is 0 Å². The van der Waals surface area contributed by atoms with E-state index in [1.165, 1.54) is 18.2 Å². The van der Waals surface area contributed by atoms with Crippen LogP contribution >= 0.6 is 0 Å². The van der Waals surface area contributed by atoms with E-state index >= 15 is 0 Å². The van der Waals surface area contributed by atoms with Crippen molar-refractivity contribution < 1.29 is 8.78 Å². The first-order chi connectivity index (χ1) is 8.27. The van der Waals surface area contributed by atoms with Gasteiger partial charge in [-0.1, -0.05) is 36.4 Å². The van der Waals surface area contributed by atoms with Crippen LogP contribution in [0.5, 0.6) is 0 Å². The lowest BCUT2D eigenvalue weighted by molar-refractivity contribution is 0.577. The van der Waals surface area contributed by atoms with Crippen molar-refractivity contribution in [3.8, 4) is 0 Å². The Balaban J connectivity index is 2.20. The first kappa shape index (κ1) is 10.2. The van der Waals surface area contributed by atoms with E-state index in [2.05, 4.69) is 0 Å². The molecule has 0 radical (unpaired) electrons. The van der Waals surface area contributed by atoms with E-state index in [0.29, 0.717) is 5.57 Å². The Bertz CT molecular complexity index is 592. The molecule has 0 saturated carbocycles. The molecule has 0 saturated heterocycles. The molecule has 0 bridgehead atoms. The van der Waals surface area contributed by atoms with Gasteiger partial charge in [0.15, 0.2) is 0 Å². The molecule has 84 valence electrons. The van der Waals surface area contributed by atoms with Crippen LogP contribution in [0.3, 0.4) is 0 Å². The summed E-state index contributed by atoms with van der Waals surface area (Å²) in [5.41, 5.74) is 2.79. The molecule has 0 nitrogen and oxygen atoms in total. The minimum atomic E-state index is -0.507. The second-order valence-corrected chi connectivity index (χ2v) is 4.08. The summed E-state index contributed by atoms with van der Waals surface area (Å²) in [6, 6.07) is 11.7. The Morgan fingerprint density at radius 1 is 0.824 bits per heavy atom. The predicted molar refractivity (Wildman–Crippen MR) is 63.6 cm³/mol. The molecule has 0 atom stereocenters. The zero-order valence-electron chi connectivity index (χ0n) is 9.08. The standard InChI is InChI=1S/C15H10F2/c16-13-6-3-7-14(17)15(13)12-9-8-10-4-1-2-5-11(10)12/h1-7,9H,8H2. The van der Waals surface area contributed by atoms with E-state index < -0.39 is 11.6 Å². The molecule has 0 unspecified atom stereocenters. The van der Waals surface area contributed by atoms with Crippen LogP contribution in [0.1, 0.15) is 16.7 Å². The fourth-order valence-corrected chi connectivity index (χ4v) is 2.27. The normalized spacial score (nSPS) is 13.4. The third kappa shape index (κ3) is 1.57. The average molecular weight is 228 g/mol. The summed E-state index contributed by atoms with van der Waals surface area (Å²) in [5.74, 6) is -1.01. The van der Waals surface area contributed by atoms with Crippen molar-refractivity contribution in [2.45, 2.75) is 6.42 Å². The van der Waals surface area contributed by atoms with Crippen LogP contribution in [0.2, 0.25) is 0 Å². The Hall–Kier alpha value is -1.96. The van der Waals surface area contributed by atoms with E-state index in [4.69, 9.17) is 0 Å². The second-order valence-electron chi connectivity index (χ2n) is 4.08. The summed E-state index contributed by atoms with van der Waals surface area (Å²) in [7, 11) is 0. The third-order valence-electron chi connectivity index (χ3n) is 3.07. The fraction of sp³-hybridized carbons (Fsp3) is 0.0667. The van der Waals surface area contributed by atoms with Crippen molar-refractivity contribution >= 4 is 5.57 Å². The Morgan fingerprint density at radius 2 is 1.53 bits per heavy atom. The van der Waals surface area contributed by atoms with Crippen LogP contribution < -0.4 is 0 Å². The van der Waals surface area contributed by atoms with Crippen molar-refractivity contribution in [2.75, 3.05) is 0 Å². The number of benzene rings is 2. The minimum absolute atomic E-state index is 0.0810. The van der Waals surface area contributed by atoms with Crippen molar-refractivity contribution in [3.63, 3.8) is 0 Å². The maximum Gasteiger partial charge on any atom is 0.133 e. The smallest absolute Gasteiger partial charge is 0.133 e. The maximum absolute atomic E-state index is 13.7. The number of rotatable bonds is 1. The largest absolute Gasteiger partial charge is 0.206 e. The van der Waals surface area contributed by atoms with E-state index in [9.17, 15) is 8.78 Å². The maximum atomic E-state index is 13.7. The molecule has 2 heteroatoms. The summed E-state index contributed by atoms with van der Waals surface area (Å²) in [6.07, 6.45) is 2.62. The monoisotopic (exact) mass is 228 g/mol. The van der Waals surface area contributed by atoms with Gasteiger partial charge in [0, 0.05) is 0 Å². The van der Waals surface area contributed by atoms with Crippen LogP contribution in [-0.4, -0.2) is 0 Å². The van der Waals surface area contributed by atoms with E-state index in [1.807, 2.05) is 30.3 Å². The van der Waals surface area contributed by atoms with Gasteiger partial charge in [-0.3, -0.25) is 0 Å². The second kappa shape index (κ2) is 3.81. The van der Waals surface area contributed by atoms with Gasteiger partial charge in [0.25, 0.3) is 0 Å². The molecular formula is C15H10F2. The zero-order chi connectivity index (χ0) is 11.8. The number of hydrogen-bond donors (Lipinski definition) is 0. The lowest BCUT2D eigenvalue weighted by atomic mass is 9.98. The van der Waals surface area contributed by atoms with E-state index in [-0.39, 0.29) is 5.56 Å². The first-order valence-electron chi connectivity index (χ1n) is 5.50. The Morgan fingerprint density at radius 3 is 2.29 bits per heavy atom. The van der Waals surface area contributed by atoms with Gasteiger partial charge in [-0.15, -0.1) is 0 Å². The van der Waals surface area contributed by atoms with E-state index in [1.54, 1.807) is 0 Å². The molecule has 1 aliphatic carbocycles. The quantitative estimate of drug-likeness (QED) is 0.693. The number of hydrogen-bond acceptors (Lipinski definition) is 0. The Kier molecular flexibility index (Phi) is 2.29. The van der Waals surface area contributed by atoms with Gasteiger partial charge in [-0.05, 0) is 35.3 Å². The molecule has 0 aliphatic heterocycles. The molecule has 2 aromatic rings. The van der Waals surface area contributed by atoms with Crippen LogP contribution in [0.15, 0.2) is 48.5 Å². The van der Waals surface area contributed by atoms with E-state index in [0.717, 1.165) is 17.5 Å². The highest BCUT2D eigenvalue weighted by Gasteiger charge is 2.20. The third-order valence-corrected chi connectivity index (χ3v) is 3.07. The number of fused-ring (bicyclic) bond motifs is 1. The fourth-order valence-electron chi connectivity index (χ4n) is 2.27. The van der Waals surface area contributed by atoms with Crippen LogP contribution in [0, 0.1) is 11.6 Å². The molecule has 3 rings (SSSR count). The van der Waals surface area contributed by atoms with Crippen LogP contribution in [0.25, 0.3) is 5.57 Å². The Labute approximate surface area is 98.2 Å². The lowest BCUT2D eigenvalue weighted by Crippen LogP contribution is -1.95.